The fraction of sp³-hybridized carbons (Fsp3) is 0.235. The van der Waals surface area contributed by atoms with Crippen LogP contribution >= 0.6 is 34.9 Å². The Kier molecular flexibility index (Phi) is 5.56. The van der Waals surface area contributed by atoms with E-state index in [0.29, 0.717) is 20.6 Å². The highest BCUT2D eigenvalue weighted by Crippen LogP contribution is 2.45. The maximum absolute atomic E-state index is 13.3. The van der Waals surface area contributed by atoms with E-state index in [0.717, 1.165) is 0 Å². The van der Waals surface area contributed by atoms with Crippen molar-refractivity contribution in [3.05, 3.63) is 51.8 Å². The van der Waals surface area contributed by atoms with Crippen LogP contribution < -0.4 is 5.32 Å². The average molecular weight is 453 g/mol. The van der Waals surface area contributed by atoms with Crippen LogP contribution in [-0.4, -0.2) is 55.2 Å². The molecule has 0 unspecified atom stereocenters. The summed E-state index contributed by atoms with van der Waals surface area (Å²) < 4.78 is 13.9. The first-order chi connectivity index (χ1) is 13.9. The van der Waals surface area contributed by atoms with Crippen molar-refractivity contribution < 1.29 is 23.9 Å². The molecule has 0 aliphatic carbocycles. The first-order valence-electron chi connectivity index (χ1n) is 8.33. The highest BCUT2D eigenvalue weighted by Gasteiger charge is 2.54. The molecule has 1 aromatic heterocycles. The highest BCUT2D eigenvalue weighted by molar-refractivity contribution is 8.07. The molecule has 150 valence electrons. The third kappa shape index (κ3) is 4.00. The Bertz CT molecular complexity index is 1010. The lowest BCUT2D eigenvalue weighted by Crippen LogP contribution is -2.70. The standard InChI is InChI=1S/C17H13FN4O4S3/c18-9-3-1-2-8(4-9)5-11(23)20-12-14(24)22-13(16(25)26)10(6-27-15(12)22)29-17-21-19-7-28-17/h1-4,7,12,15H,5-6H2,(H,20,23)(H,25,26)/t12-,15-/m1/s1. The van der Waals surface area contributed by atoms with Crippen LogP contribution in [0.4, 0.5) is 4.39 Å². The van der Waals surface area contributed by atoms with Gasteiger partial charge in [-0.15, -0.1) is 22.0 Å². The number of fused-ring (bicyclic) bond motifs is 1. The van der Waals surface area contributed by atoms with Crippen LogP contribution in [-0.2, 0) is 20.8 Å². The number of aromatic nitrogens is 2. The molecule has 0 radical (unpaired) electrons. The number of halogens is 1. The van der Waals surface area contributed by atoms with Crippen molar-refractivity contribution in [2.24, 2.45) is 0 Å². The van der Waals surface area contributed by atoms with Crippen LogP contribution in [0.2, 0.25) is 0 Å². The van der Waals surface area contributed by atoms with Gasteiger partial charge in [-0.1, -0.05) is 35.2 Å². The van der Waals surface area contributed by atoms with E-state index in [-0.39, 0.29) is 12.1 Å². The Morgan fingerprint density at radius 3 is 2.93 bits per heavy atom. The van der Waals surface area contributed by atoms with Crippen molar-refractivity contribution in [1.29, 1.82) is 0 Å². The summed E-state index contributed by atoms with van der Waals surface area (Å²) in [5.41, 5.74) is 1.94. The number of nitrogens with one attached hydrogen (secondary N) is 1. The molecule has 2 N–H and O–H groups in total. The Balaban J connectivity index is 1.46. The molecule has 2 amide bonds. The van der Waals surface area contributed by atoms with Gasteiger partial charge < -0.3 is 10.4 Å². The van der Waals surface area contributed by atoms with E-state index in [1.54, 1.807) is 11.6 Å². The van der Waals surface area contributed by atoms with E-state index in [9.17, 15) is 23.9 Å². The second kappa shape index (κ2) is 8.13. The van der Waals surface area contributed by atoms with Gasteiger partial charge in [0.15, 0.2) is 4.34 Å². The van der Waals surface area contributed by atoms with Crippen molar-refractivity contribution >= 4 is 52.6 Å². The largest absolute Gasteiger partial charge is 0.477 e. The minimum Gasteiger partial charge on any atom is -0.477 e. The van der Waals surface area contributed by atoms with Crippen LogP contribution in [0, 0.1) is 5.82 Å². The van der Waals surface area contributed by atoms with E-state index < -0.39 is 35.0 Å². The van der Waals surface area contributed by atoms with Gasteiger partial charge in [0.1, 0.15) is 28.4 Å². The lowest BCUT2D eigenvalue weighted by atomic mass is 10.0. The predicted molar refractivity (Wildman–Crippen MR) is 106 cm³/mol. The van der Waals surface area contributed by atoms with E-state index in [4.69, 9.17) is 0 Å². The lowest BCUT2D eigenvalue weighted by molar-refractivity contribution is -0.150. The van der Waals surface area contributed by atoms with Crippen molar-refractivity contribution in [2.45, 2.75) is 22.2 Å². The SMILES string of the molecule is O=C(Cc1cccc(F)c1)N[C@@H]1C(=O)N2C(C(=O)O)=C(Sc3nncs3)CS[C@H]12. The van der Waals surface area contributed by atoms with E-state index in [1.807, 2.05) is 0 Å². The summed E-state index contributed by atoms with van der Waals surface area (Å²) in [6.45, 7) is 0. The first-order valence-corrected chi connectivity index (χ1v) is 11.1. The monoisotopic (exact) mass is 452 g/mol. The molecule has 0 saturated carbocycles. The van der Waals surface area contributed by atoms with Crippen LogP contribution in [0.3, 0.4) is 0 Å². The summed E-state index contributed by atoms with van der Waals surface area (Å²) >= 11 is 3.82. The maximum atomic E-state index is 13.3. The van der Waals surface area contributed by atoms with Gasteiger partial charge >= 0.3 is 5.97 Å². The Labute approximate surface area is 176 Å². The quantitative estimate of drug-likeness (QED) is 0.637. The number of carbonyl (C=O) groups excluding carboxylic acids is 2. The van der Waals surface area contributed by atoms with Gasteiger partial charge in [-0.05, 0) is 17.7 Å². The Morgan fingerprint density at radius 2 is 2.24 bits per heavy atom. The van der Waals surface area contributed by atoms with Crippen LogP contribution in [0.5, 0.6) is 0 Å². The molecule has 2 aliphatic rings. The molecule has 12 heteroatoms. The number of rotatable bonds is 6. The fourth-order valence-electron chi connectivity index (χ4n) is 3.04. The second-order valence-electron chi connectivity index (χ2n) is 6.15. The Morgan fingerprint density at radius 1 is 1.41 bits per heavy atom. The third-order valence-electron chi connectivity index (χ3n) is 4.26. The maximum Gasteiger partial charge on any atom is 0.353 e. The zero-order valence-electron chi connectivity index (χ0n) is 14.6. The lowest BCUT2D eigenvalue weighted by Gasteiger charge is -2.49. The molecule has 1 saturated heterocycles. The van der Waals surface area contributed by atoms with Crippen molar-refractivity contribution in [2.75, 3.05) is 5.75 Å². The molecule has 1 fully saturated rings. The number of carboxylic acid groups (broad SMARTS) is 1. The Hall–Kier alpha value is -2.44. The van der Waals surface area contributed by atoms with Gasteiger partial charge in [-0.2, -0.15) is 0 Å². The number of hydrogen-bond acceptors (Lipinski definition) is 8. The van der Waals surface area contributed by atoms with Crippen LogP contribution in [0.15, 0.2) is 44.7 Å². The van der Waals surface area contributed by atoms with E-state index >= 15 is 0 Å². The molecular formula is C17H13FN4O4S3. The molecule has 0 spiro atoms. The van der Waals surface area contributed by atoms with Gasteiger partial charge in [-0.25, -0.2) is 9.18 Å². The number of amides is 2. The first kappa shape index (κ1) is 19.9. The number of aliphatic carboxylic acids is 1. The summed E-state index contributed by atoms with van der Waals surface area (Å²) in [5, 5.41) is 19.4. The number of carboxylic acids is 1. The molecule has 8 nitrogen and oxygen atoms in total. The summed E-state index contributed by atoms with van der Waals surface area (Å²) in [7, 11) is 0. The van der Waals surface area contributed by atoms with Gasteiger partial charge in [0, 0.05) is 10.7 Å². The molecule has 4 rings (SSSR count). The summed E-state index contributed by atoms with van der Waals surface area (Å²) in [6.07, 6.45) is -0.0707. The molecule has 3 heterocycles. The average Bonchev–Trinajstić information content (AvgIpc) is 3.18. The smallest absolute Gasteiger partial charge is 0.353 e. The van der Waals surface area contributed by atoms with Crippen molar-refractivity contribution in [1.82, 2.24) is 20.4 Å². The van der Waals surface area contributed by atoms with E-state index in [1.165, 1.54) is 58.0 Å². The van der Waals surface area contributed by atoms with Gasteiger partial charge in [0.05, 0.1) is 6.42 Å². The summed E-state index contributed by atoms with van der Waals surface area (Å²) in [6, 6.07) is 4.85. The number of β-lactam (4-membered cyclic amide) rings is 1. The van der Waals surface area contributed by atoms with Gasteiger partial charge in [0.25, 0.3) is 5.91 Å². The predicted octanol–water partition coefficient (Wildman–Crippen LogP) is 1.71. The van der Waals surface area contributed by atoms with E-state index in [2.05, 4.69) is 15.5 Å². The highest BCUT2D eigenvalue weighted by atomic mass is 32.2. The minimum absolute atomic E-state index is 0.0707. The minimum atomic E-state index is -1.21. The number of thioether (sulfide) groups is 2. The number of benzene rings is 1. The summed E-state index contributed by atoms with van der Waals surface area (Å²) in [4.78, 5) is 38.4. The molecule has 2 atom stereocenters. The second-order valence-corrected chi connectivity index (χ2v) is 9.43. The molecule has 0 bridgehead atoms. The molecule has 2 aliphatic heterocycles. The topological polar surface area (TPSA) is 112 Å². The zero-order valence-corrected chi connectivity index (χ0v) is 17.0. The number of carbonyl (C=O) groups is 3. The molecular weight excluding hydrogens is 439 g/mol. The third-order valence-corrected chi connectivity index (χ3v) is 7.58. The van der Waals surface area contributed by atoms with Gasteiger partial charge in [0.2, 0.25) is 5.91 Å². The normalized spacial score (nSPS) is 20.9. The van der Waals surface area contributed by atoms with Crippen molar-refractivity contribution in [3.8, 4) is 0 Å². The molecule has 1 aromatic carbocycles. The van der Waals surface area contributed by atoms with Crippen LogP contribution in [0.1, 0.15) is 5.56 Å². The summed E-state index contributed by atoms with van der Waals surface area (Å²) in [5.74, 6) is -2.19. The number of hydrogen-bond donors (Lipinski definition) is 2. The number of nitrogens with zero attached hydrogens (tertiary/aromatic N) is 3. The molecule has 29 heavy (non-hydrogen) atoms. The van der Waals surface area contributed by atoms with Gasteiger partial charge in [-0.3, -0.25) is 14.5 Å². The molecule has 2 aromatic rings. The van der Waals surface area contributed by atoms with Crippen molar-refractivity contribution in [3.63, 3.8) is 0 Å². The fourth-order valence-corrected chi connectivity index (χ4v) is 6.16. The van der Waals surface area contributed by atoms with Crippen LogP contribution in [0.25, 0.3) is 0 Å². The zero-order chi connectivity index (χ0) is 20.5.